The molecule has 0 aliphatic carbocycles. The number of aromatic nitrogens is 2. The van der Waals surface area contributed by atoms with Crippen molar-refractivity contribution in [3.05, 3.63) is 17.5 Å². The summed E-state index contributed by atoms with van der Waals surface area (Å²) in [6, 6.07) is 1.35. The number of carbonyl (C=O) groups is 1. The van der Waals surface area contributed by atoms with Gasteiger partial charge in [0, 0.05) is 11.4 Å². The van der Waals surface area contributed by atoms with Crippen LogP contribution in [-0.4, -0.2) is 27.1 Å². The lowest BCUT2D eigenvalue weighted by atomic mass is 10.1. The average Bonchev–Trinajstić information content (AvgIpc) is 2.42. The van der Waals surface area contributed by atoms with E-state index >= 15 is 0 Å². The fraction of sp³-hybridized carbons (Fsp3) is 0.643. The van der Waals surface area contributed by atoms with E-state index in [9.17, 15) is 9.90 Å². The number of carboxylic acids is 1. The second-order valence-corrected chi connectivity index (χ2v) is 4.56. The molecular weight excluding hydrogens is 242 g/mol. The van der Waals surface area contributed by atoms with Gasteiger partial charge in [-0.05, 0) is 25.3 Å². The van der Waals surface area contributed by atoms with Crippen LogP contribution in [0.1, 0.15) is 51.4 Å². The Morgan fingerprint density at radius 3 is 2.26 bits per heavy atom. The highest BCUT2D eigenvalue weighted by molar-refractivity contribution is 5.76. The molecule has 1 heterocycles. The van der Waals surface area contributed by atoms with Crippen molar-refractivity contribution >= 4 is 11.9 Å². The zero-order chi connectivity index (χ0) is 14.3. The van der Waals surface area contributed by atoms with Gasteiger partial charge in [-0.1, -0.05) is 33.6 Å². The Kier molecular flexibility index (Phi) is 6.25. The molecule has 0 unspecified atom stereocenters. The molecule has 106 valence electrons. The van der Waals surface area contributed by atoms with Gasteiger partial charge in [0.2, 0.25) is 5.95 Å². The van der Waals surface area contributed by atoms with Gasteiger partial charge < -0.3 is 10.4 Å². The zero-order valence-corrected chi connectivity index (χ0v) is 11.9. The summed E-state index contributed by atoms with van der Waals surface area (Å²) in [5, 5.41) is 12.1. The van der Waals surface area contributed by atoms with E-state index in [1.165, 1.54) is 0 Å². The summed E-state index contributed by atoms with van der Waals surface area (Å²) in [4.78, 5) is 19.9. The van der Waals surface area contributed by atoms with Crippen molar-refractivity contribution in [2.75, 3.05) is 5.32 Å². The standard InChI is InChI=1S/C14H23N3O2/c1-4-7-8-12(13(18)19)17-14-15-10(5-2)9-11(6-3)16-14/h9,12H,4-8H2,1-3H3,(H,18,19)(H,15,16,17)/t12-/m0/s1. The molecule has 19 heavy (non-hydrogen) atoms. The van der Waals surface area contributed by atoms with E-state index in [0.717, 1.165) is 37.1 Å². The number of anilines is 1. The lowest BCUT2D eigenvalue weighted by Crippen LogP contribution is -2.30. The van der Waals surface area contributed by atoms with Crippen molar-refractivity contribution in [3.8, 4) is 0 Å². The Morgan fingerprint density at radius 1 is 1.26 bits per heavy atom. The first-order chi connectivity index (χ1) is 9.10. The molecule has 0 bridgehead atoms. The summed E-state index contributed by atoms with van der Waals surface area (Å²) in [6.07, 6.45) is 4.07. The van der Waals surface area contributed by atoms with Gasteiger partial charge in [0.05, 0.1) is 0 Å². The van der Waals surface area contributed by atoms with Gasteiger partial charge in [0.1, 0.15) is 6.04 Å². The smallest absolute Gasteiger partial charge is 0.326 e. The second-order valence-electron chi connectivity index (χ2n) is 4.56. The third-order valence-electron chi connectivity index (χ3n) is 3.00. The van der Waals surface area contributed by atoms with E-state index < -0.39 is 12.0 Å². The third kappa shape index (κ3) is 4.85. The molecule has 0 spiro atoms. The lowest BCUT2D eigenvalue weighted by molar-refractivity contribution is -0.138. The number of nitrogens with one attached hydrogen (secondary N) is 1. The molecule has 0 saturated heterocycles. The van der Waals surface area contributed by atoms with Crippen LogP contribution < -0.4 is 5.32 Å². The first-order valence-electron chi connectivity index (χ1n) is 6.96. The van der Waals surface area contributed by atoms with Crippen molar-refractivity contribution in [1.82, 2.24) is 9.97 Å². The number of aryl methyl sites for hydroxylation is 2. The van der Waals surface area contributed by atoms with E-state index in [0.29, 0.717) is 12.4 Å². The minimum absolute atomic E-state index is 0.430. The number of unbranched alkanes of at least 4 members (excludes halogenated alkanes) is 1. The maximum absolute atomic E-state index is 11.2. The van der Waals surface area contributed by atoms with Crippen LogP contribution in [0.4, 0.5) is 5.95 Å². The molecule has 1 atom stereocenters. The first-order valence-corrected chi connectivity index (χ1v) is 6.96. The van der Waals surface area contributed by atoms with Gasteiger partial charge in [-0.2, -0.15) is 0 Å². The highest BCUT2D eigenvalue weighted by atomic mass is 16.4. The summed E-state index contributed by atoms with van der Waals surface area (Å²) in [5.41, 5.74) is 1.88. The minimum atomic E-state index is -0.850. The van der Waals surface area contributed by atoms with Crippen molar-refractivity contribution in [2.45, 2.75) is 58.9 Å². The molecule has 2 N–H and O–H groups in total. The molecule has 1 rings (SSSR count). The van der Waals surface area contributed by atoms with Crippen molar-refractivity contribution in [2.24, 2.45) is 0 Å². The number of carboxylic acid groups (broad SMARTS) is 1. The van der Waals surface area contributed by atoms with Crippen molar-refractivity contribution in [1.29, 1.82) is 0 Å². The fourth-order valence-electron chi connectivity index (χ4n) is 1.80. The van der Waals surface area contributed by atoms with Crippen molar-refractivity contribution in [3.63, 3.8) is 0 Å². The lowest BCUT2D eigenvalue weighted by Gasteiger charge is -2.15. The van der Waals surface area contributed by atoms with Crippen LogP contribution in [0.3, 0.4) is 0 Å². The summed E-state index contributed by atoms with van der Waals surface area (Å²) in [5.74, 6) is -0.420. The summed E-state index contributed by atoms with van der Waals surface area (Å²) >= 11 is 0. The highest BCUT2D eigenvalue weighted by Crippen LogP contribution is 2.11. The molecular formula is C14H23N3O2. The van der Waals surface area contributed by atoms with Crippen molar-refractivity contribution < 1.29 is 9.90 Å². The predicted octanol–water partition coefficient (Wildman–Crippen LogP) is 2.66. The van der Waals surface area contributed by atoms with Gasteiger partial charge >= 0.3 is 5.97 Å². The monoisotopic (exact) mass is 265 g/mol. The Bertz CT molecular complexity index is 399. The average molecular weight is 265 g/mol. The van der Waals surface area contributed by atoms with Crippen LogP contribution >= 0.6 is 0 Å². The predicted molar refractivity (Wildman–Crippen MR) is 75.4 cm³/mol. The van der Waals surface area contributed by atoms with Crippen LogP contribution in [-0.2, 0) is 17.6 Å². The molecule has 0 aromatic carbocycles. The summed E-state index contributed by atoms with van der Waals surface area (Å²) in [6.45, 7) is 6.09. The van der Waals surface area contributed by atoms with Crippen LogP contribution in [0, 0.1) is 0 Å². The number of nitrogens with zero attached hydrogens (tertiary/aromatic N) is 2. The quantitative estimate of drug-likeness (QED) is 0.755. The molecule has 5 nitrogen and oxygen atoms in total. The number of hydrogen-bond acceptors (Lipinski definition) is 4. The third-order valence-corrected chi connectivity index (χ3v) is 3.00. The SMILES string of the molecule is CCCC[C@H](Nc1nc(CC)cc(CC)n1)C(=O)O. The Balaban J connectivity index is 2.85. The van der Waals surface area contributed by atoms with Gasteiger partial charge in [0.15, 0.2) is 0 Å². The summed E-state index contributed by atoms with van der Waals surface area (Å²) < 4.78 is 0. The number of rotatable bonds is 8. The van der Waals surface area contributed by atoms with E-state index in [1.54, 1.807) is 0 Å². The molecule has 0 saturated carbocycles. The normalized spacial score (nSPS) is 12.2. The van der Waals surface area contributed by atoms with Crippen LogP contribution in [0.2, 0.25) is 0 Å². The largest absolute Gasteiger partial charge is 0.480 e. The molecule has 1 aromatic rings. The van der Waals surface area contributed by atoms with E-state index in [2.05, 4.69) is 15.3 Å². The maximum atomic E-state index is 11.2. The minimum Gasteiger partial charge on any atom is -0.480 e. The van der Waals surface area contributed by atoms with E-state index in [-0.39, 0.29) is 0 Å². The fourth-order valence-corrected chi connectivity index (χ4v) is 1.80. The highest BCUT2D eigenvalue weighted by Gasteiger charge is 2.18. The molecule has 0 fully saturated rings. The van der Waals surface area contributed by atoms with Crippen LogP contribution in [0.5, 0.6) is 0 Å². The topological polar surface area (TPSA) is 75.1 Å². The van der Waals surface area contributed by atoms with Gasteiger partial charge in [-0.3, -0.25) is 0 Å². The maximum Gasteiger partial charge on any atom is 0.326 e. The molecule has 0 aliphatic rings. The van der Waals surface area contributed by atoms with E-state index in [4.69, 9.17) is 0 Å². The number of hydrogen-bond donors (Lipinski definition) is 2. The second kappa shape index (κ2) is 7.71. The van der Waals surface area contributed by atoms with Gasteiger partial charge in [-0.25, -0.2) is 14.8 Å². The van der Waals surface area contributed by atoms with Crippen LogP contribution in [0.15, 0.2) is 6.07 Å². The molecule has 1 aromatic heterocycles. The molecule has 0 amide bonds. The molecule has 0 radical (unpaired) electrons. The van der Waals surface area contributed by atoms with Gasteiger partial charge in [0.25, 0.3) is 0 Å². The Morgan fingerprint density at radius 2 is 1.84 bits per heavy atom. The number of aliphatic carboxylic acids is 1. The first kappa shape index (κ1) is 15.4. The molecule has 5 heteroatoms. The molecule has 0 aliphatic heterocycles. The Labute approximate surface area is 114 Å². The Hall–Kier alpha value is -1.65. The van der Waals surface area contributed by atoms with Gasteiger partial charge in [-0.15, -0.1) is 0 Å². The van der Waals surface area contributed by atoms with Crippen LogP contribution in [0.25, 0.3) is 0 Å². The summed E-state index contributed by atoms with van der Waals surface area (Å²) in [7, 11) is 0. The van der Waals surface area contributed by atoms with E-state index in [1.807, 2.05) is 26.8 Å². The zero-order valence-electron chi connectivity index (χ0n) is 11.9.